The van der Waals surface area contributed by atoms with Gasteiger partial charge in [-0.2, -0.15) is 0 Å². The molecule has 0 aliphatic rings. The maximum atomic E-state index is 12.1. The zero-order valence-corrected chi connectivity index (χ0v) is 14.5. The van der Waals surface area contributed by atoms with Gasteiger partial charge in [0.05, 0.1) is 11.3 Å². The van der Waals surface area contributed by atoms with Crippen molar-refractivity contribution in [1.29, 1.82) is 0 Å². The molecule has 1 aromatic carbocycles. The summed E-state index contributed by atoms with van der Waals surface area (Å²) in [6.07, 6.45) is 5.03. The van der Waals surface area contributed by atoms with Gasteiger partial charge in [0.2, 0.25) is 0 Å². The molecule has 24 heavy (non-hydrogen) atoms. The van der Waals surface area contributed by atoms with Crippen LogP contribution in [0.4, 0.5) is 0 Å². The minimum absolute atomic E-state index is 0.315. The second-order valence-corrected chi connectivity index (χ2v) is 6.50. The summed E-state index contributed by atoms with van der Waals surface area (Å²) in [4.78, 5) is 28.4. The fourth-order valence-electron chi connectivity index (χ4n) is 2.33. The molecule has 6 heteroatoms. The fraction of sp³-hybridized carbons (Fsp3) is 0.167. The van der Waals surface area contributed by atoms with Crippen LogP contribution in [-0.2, 0) is 14.1 Å². The maximum absolute atomic E-state index is 12.1. The van der Waals surface area contributed by atoms with Crippen molar-refractivity contribution in [3.63, 3.8) is 0 Å². The van der Waals surface area contributed by atoms with E-state index in [0.29, 0.717) is 5.56 Å². The number of thiazole rings is 1. The smallest absolute Gasteiger partial charge is 0.303 e. The van der Waals surface area contributed by atoms with E-state index < -0.39 is 0 Å². The van der Waals surface area contributed by atoms with Crippen LogP contribution in [0.3, 0.4) is 0 Å². The quantitative estimate of drug-likeness (QED) is 0.737. The lowest BCUT2D eigenvalue weighted by Crippen LogP contribution is -2.37. The van der Waals surface area contributed by atoms with E-state index in [2.05, 4.69) is 17.1 Å². The van der Waals surface area contributed by atoms with Crippen molar-refractivity contribution >= 4 is 23.5 Å². The average Bonchev–Trinajstić information content (AvgIpc) is 3.04. The van der Waals surface area contributed by atoms with Gasteiger partial charge in [0.1, 0.15) is 5.01 Å². The first-order valence-electron chi connectivity index (χ1n) is 7.43. The third kappa shape index (κ3) is 3.14. The van der Waals surface area contributed by atoms with Crippen LogP contribution in [0.5, 0.6) is 0 Å². The van der Waals surface area contributed by atoms with Crippen LogP contribution >= 0.6 is 11.3 Å². The SMILES string of the molecule is Cc1ccc(-c2csc(/C=C/c3cn(C)c(=O)n(C)c3=O)n2)cc1. The lowest BCUT2D eigenvalue weighted by atomic mass is 10.1. The first kappa shape index (κ1) is 16.1. The van der Waals surface area contributed by atoms with Crippen molar-refractivity contribution in [2.24, 2.45) is 14.1 Å². The number of hydrogen-bond acceptors (Lipinski definition) is 4. The Kier molecular flexibility index (Phi) is 4.31. The van der Waals surface area contributed by atoms with E-state index in [1.165, 1.54) is 34.7 Å². The van der Waals surface area contributed by atoms with E-state index in [0.717, 1.165) is 20.8 Å². The molecule has 3 rings (SSSR count). The summed E-state index contributed by atoms with van der Waals surface area (Å²) in [5.74, 6) is 0. The Labute approximate surface area is 143 Å². The van der Waals surface area contributed by atoms with Crippen molar-refractivity contribution in [2.75, 3.05) is 0 Å². The molecule has 0 atom stereocenters. The molecule has 0 saturated carbocycles. The van der Waals surface area contributed by atoms with Gasteiger partial charge < -0.3 is 4.57 Å². The molecule has 0 unspecified atom stereocenters. The minimum Gasteiger partial charge on any atom is -0.303 e. The first-order valence-corrected chi connectivity index (χ1v) is 8.31. The molecule has 0 saturated heterocycles. The Morgan fingerprint density at radius 3 is 2.50 bits per heavy atom. The van der Waals surface area contributed by atoms with E-state index in [4.69, 9.17) is 0 Å². The number of rotatable bonds is 3. The van der Waals surface area contributed by atoms with Gasteiger partial charge in [-0.15, -0.1) is 11.3 Å². The monoisotopic (exact) mass is 339 g/mol. The van der Waals surface area contributed by atoms with Gasteiger partial charge in [-0.3, -0.25) is 9.36 Å². The number of benzene rings is 1. The number of aryl methyl sites for hydroxylation is 2. The Balaban J connectivity index is 1.90. The van der Waals surface area contributed by atoms with Crippen LogP contribution in [0.25, 0.3) is 23.4 Å². The molecule has 2 aromatic heterocycles. The highest BCUT2D eigenvalue weighted by Crippen LogP contribution is 2.23. The number of nitrogens with zero attached hydrogens (tertiary/aromatic N) is 3. The largest absolute Gasteiger partial charge is 0.330 e. The Hall–Kier alpha value is -2.73. The molecular weight excluding hydrogens is 322 g/mol. The summed E-state index contributed by atoms with van der Waals surface area (Å²) in [6.45, 7) is 2.05. The van der Waals surface area contributed by atoms with Gasteiger partial charge in [0, 0.05) is 31.2 Å². The van der Waals surface area contributed by atoms with Crippen LogP contribution in [0.15, 0.2) is 45.4 Å². The average molecular weight is 339 g/mol. The van der Waals surface area contributed by atoms with Crippen LogP contribution in [0, 0.1) is 6.92 Å². The summed E-state index contributed by atoms with van der Waals surface area (Å²) < 4.78 is 2.49. The van der Waals surface area contributed by atoms with E-state index in [-0.39, 0.29) is 11.2 Å². The molecule has 0 N–H and O–H groups in total. The highest BCUT2D eigenvalue weighted by molar-refractivity contribution is 7.10. The van der Waals surface area contributed by atoms with E-state index >= 15 is 0 Å². The molecule has 0 aliphatic carbocycles. The highest BCUT2D eigenvalue weighted by atomic mass is 32.1. The number of aromatic nitrogens is 3. The van der Waals surface area contributed by atoms with E-state index in [1.54, 1.807) is 19.2 Å². The molecule has 0 radical (unpaired) electrons. The van der Waals surface area contributed by atoms with Gasteiger partial charge >= 0.3 is 5.69 Å². The predicted molar refractivity (Wildman–Crippen MR) is 98.1 cm³/mol. The van der Waals surface area contributed by atoms with Crippen molar-refractivity contribution in [3.8, 4) is 11.3 Å². The van der Waals surface area contributed by atoms with Gasteiger partial charge in [0.25, 0.3) is 5.56 Å². The van der Waals surface area contributed by atoms with Crippen LogP contribution < -0.4 is 11.2 Å². The molecule has 2 heterocycles. The molecular formula is C18H17N3O2S. The van der Waals surface area contributed by atoms with Crippen molar-refractivity contribution < 1.29 is 0 Å². The second-order valence-electron chi connectivity index (χ2n) is 5.61. The van der Waals surface area contributed by atoms with Crippen molar-refractivity contribution in [3.05, 3.63) is 72.8 Å². The van der Waals surface area contributed by atoms with E-state index in [9.17, 15) is 9.59 Å². The maximum Gasteiger partial charge on any atom is 0.330 e. The summed E-state index contributed by atoms with van der Waals surface area (Å²) in [6, 6.07) is 8.19. The van der Waals surface area contributed by atoms with Gasteiger partial charge in [-0.1, -0.05) is 29.8 Å². The summed E-state index contributed by atoms with van der Waals surface area (Å²) in [7, 11) is 3.10. The summed E-state index contributed by atoms with van der Waals surface area (Å²) in [5, 5.41) is 2.80. The molecule has 0 bridgehead atoms. The van der Waals surface area contributed by atoms with Crippen LogP contribution in [0.2, 0.25) is 0 Å². The Morgan fingerprint density at radius 1 is 1.08 bits per heavy atom. The molecule has 0 aliphatic heterocycles. The minimum atomic E-state index is -0.340. The topological polar surface area (TPSA) is 56.9 Å². The van der Waals surface area contributed by atoms with Crippen LogP contribution in [0.1, 0.15) is 16.1 Å². The molecule has 0 spiro atoms. The van der Waals surface area contributed by atoms with Crippen LogP contribution in [-0.4, -0.2) is 14.1 Å². The van der Waals surface area contributed by atoms with Crippen molar-refractivity contribution in [2.45, 2.75) is 6.92 Å². The zero-order valence-electron chi connectivity index (χ0n) is 13.7. The number of hydrogen-bond donors (Lipinski definition) is 0. The molecule has 3 aromatic rings. The van der Waals surface area contributed by atoms with Crippen molar-refractivity contribution in [1.82, 2.24) is 14.1 Å². The zero-order chi connectivity index (χ0) is 17.3. The third-order valence-electron chi connectivity index (χ3n) is 3.75. The standard InChI is InChI=1S/C18H17N3O2S/c1-12-4-6-13(7-5-12)15-11-24-16(19-15)9-8-14-10-20(2)18(23)21(3)17(14)22/h4-11H,1-3H3/b9-8+. The summed E-state index contributed by atoms with van der Waals surface area (Å²) in [5.41, 5.74) is 2.98. The van der Waals surface area contributed by atoms with Gasteiger partial charge in [-0.05, 0) is 19.1 Å². The summed E-state index contributed by atoms with van der Waals surface area (Å²) >= 11 is 1.51. The normalized spacial score (nSPS) is 11.3. The lowest BCUT2D eigenvalue weighted by molar-refractivity contribution is 0.683. The molecule has 0 fully saturated rings. The highest BCUT2D eigenvalue weighted by Gasteiger charge is 2.05. The third-order valence-corrected chi connectivity index (χ3v) is 4.56. The second kappa shape index (κ2) is 6.41. The van der Waals surface area contributed by atoms with Gasteiger partial charge in [-0.25, -0.2) is 9.78 Å². The molecule has 5 nitrogen and oxygen atoms in total. The fourth-order valence-corrected chi connectivity index (χ4v) is 3.05. The predicted octanol–water partition coefficient (Wildman–Crippen LogP) is 2.69. The molecule has 0 amide bonds. The lowest BCUT2D eigenvalue weighted by Gasteiger charge is -2.02. The van der Waals surface area contributed by atoms with E-state index in [1.807, 2.05) is 24.4 Å². The first-order chi connectivity index (χ1) is 11.5. The van der Waals surface area contributed by atoms with Gasteiger partial charge in [0.15, 0.2) is 0 Å². The Morgan fingerprint density at radius 2 is 1.79 bits per heavy atom. The Bertz CT molecular complexity index is 1020. The molecule has 122 valence electrons.